The summed E-state index contributed by atoms with van der Waals surface area (Å²) in [6.07, 6.45) is 6.49. The van der Waals surface area contributed by atoms with E-state index in [0.29, 0.717) is 0 Å². The molecule has 1 aliphatic carbocycles. The second kappa shape index (κ2) is 5.46. The first-order valence-electron chi connectivity index (χ1n) is 6.13. The van der Waals surface area contributed by atoms with E-state index in [1.807, 2.05) is 0 Å². The van der Waals surface area contributed by atoms with Crippen molar-refractivity contribution in [3.8, 4) is 0 Å². The van der Waals surface area contributed by atoms with Gasteiger partial charge in [0.2, 0.25) is 0 Å². The highest BCUT2D eigenvalue weighted by molar-refractivity contribution is 6.03. The third-order valence-electron chi connectivity index (χ3n) is 3.54. The van der Waals surface area contributed by atoms with Gasteiger partial charge >= 0.3 is 5.97 Å². The Labute approximate surface area is 97.5 Å². The van der Waals surface area contributed by atoms with E-state index in [1.54, 1.807) is 13.8 Å². The predicted octanol–water partition coefficient (Wildman–Crippen LogP) is 2.73. The molecule has 0 radical (unpaired) electrons. The van der Waals surface area contributed by atoms with Crippen molar-refractivity contribution in [1.82, 2.24) is 0 Å². The van der Waals surface area contributed by atoms with Crippen molar-refractivity contribution in [3.63, 3.8) is 0 Å². The van der Waals surface area contributed by atoms with Crippen LogP contribution in [0.2, 0.25) is 0 Å². The molecule has 0 N–H and O–H groups in total. The number of hydrogen-bond acceptors (Lipinski definition) is 3. The summed E-state index contributed by atoms with van der Waals surface area (Å²) in [5.74, 6) is -0.306. The average molecular weight is 226 g/mol. The Bertz CT molecular complexity index is 260. The second-order valence-electron chi connectivity index (χ2n) is 5.17. The Morgan fingerprint density at radius 2 is 1.56 bits per heavy atom. The summed E-state index contributed by atoms with van der Waals surface area (Å²) in [6, 6.07) is 0. The number of carbonyl (C=O) groups is 2. The molecule has 0 bridgehead atoms. The Morgan fingerprint density at radius 1 is 1.06 bits per heavy atom. The smallest absolute Gasteiger partial charge is 0.318 e. The lowest BCUT2D eigenvalue weighted by Crippen LogP contribution is -2.38. The summed E-state index contributed by atoms with van der Waals surface area (Å²) in [6.45, 7) is 3.35. The monoisotopic (exact) mass is 226 g/mol. The van der Waals surface area contributed by atoms with Crippen LogP contribution in [0.3, 0.4) is 0 Å². The SMILES string of the molecule is COC(=O)C(C)(C)C(=O)C1CCCCCC1. The lowest BCUT2D eigenvalue weighted by atomic mass is 9.78. The van der Waals surface area contributed by atoms with Crippen molar-refractivity contribution in [3.05, 3.63) is 0 Å². The molecule has 0 spiro atoms. The minimum absolute atomic E-state index is 0.0524. The van der Waals surface area contributed by atoms with Crippen LogP contribution >= 0.6 is 0 Å². The van der Waals surface area contributed by atoms with Crippen molar-refractivity contribution in [2.24, 2.45) is 11.3 Å². The van der Waals surface area contributed by atoms with Crippen molar-refractivity contribution < 1.29 is 14.3 Å². The van der Waals surface area contributed by atoms with E-state index in [-0.39, 0.29) is 11.7 Å². The quantitative estimate of drug-likeness (QED) is 0.422. The van der Waals surface area contributed by atoms with Gasteiger partial charge in [-0.2, -0.15) is 0 Å². The Morgan fingerprint density at radius 3 is 2.00 bits per heavy atom. The zero-order chi connectivity index (χ0) is 12.2. The fraction of sp³-hybridized carbons (Fsp3) is 0.846. The topological polar surface area (TPSA) is 43.4 Å². The van der Waals surface area contributed by atoms with Crippen molar-refractivity contribution in [2.45, 2.75) is 52.4 Å². The third-order valence-corrected chi connectivity index (χ3v) is 3.54. The van der Waals surface area contributed by atoms with Crippen LogP contribution in [-0.4, -0.2) is 18.9 Å². The zero-order valence-electron chi connectivity index (χ0n) is 10.5. The molecule has 1 aliphatic rings. The summed E-state index contributed by atoms with van der Waals surface area (Å²) in [4.78, 5) is 23.8. The molecular weight excluding hydrogens is 204 g/mol. The summed E-state index contributed by atoms with van der Waals surface area (Å²) < 4.78 is 4.70. The van der Waals surface area contributed by atoms with Crippen LogP contribution in [0.25, 0.3) is 0 Å². The van der Waals surface area contributed by atoms with E-state index in [0.717, 1.165) is 25.7 Å². The fourth-order valence-corrected chi connectivity index (χ4v) is 2.41. The normalized spacial score (nSPS) is 18.9. The van der Waals surface area contributed by atoms with Crippen LogP contribution in [0.1, 0.15) is 52.4 Å². The minimum Gasteiger partial charge on any atom is -0.468 e. The highest BCUT2D eigenvalue weighted by atomic mass is 16.5. The fourth-order valence-electron chi connectivity index (χ4n) is 2.41. The third kappa shape index (κ3) is 2.83. The number of esters is 1. The summed E-state index contributed by atoms with van der Waals surface area (Å²) in [7, 11) is 1.34. The van der Waals surface area contributed by atoms with E-state index < -0.39 is 11.4 Å². The molecular formula is C13H22O3. The van der Waals surface area contributed by atoms with Gasteiger partial charge in [-0.1, -0.05) is 25.7 Å². The van der Waals surface area contributed by atoms with Gasteiger partial charge in [-0.15, -0.1) is 0 Å². The molecule has 0 amide bonds. The molecule has 3 heteroatoms. The van der Waals surface area contributed by atoms with E-state index in [4.69, 9.17) is 4.74 Å². The molecule has 1 saturated carbocycles. The standard InChI is InChI=1S/C13H22O3/c1-13(2,12(15)16-3)11(14)10-8-6-4-5-7-9-10/h10H,4-9H2,1-3H3. The number of ether oxygens (including phenoxy) is 1. The molecule has 0 aromatic carbocycles. The molecule has 1 rings (SSSR count). The molecule has 16 heavy (non-hydrogen) atoms. The van der Waals surface area contributed by atoms with Crippen LogP contribution in [-0.2, 0) is 14.3 Å². The molecule has 0 aromatic rings. The van der Waals surface area contributed by atoms with Crippen LogP contribution in [0, 0.1) is 11.3 Å². The molecule has 1 fully saturated rings. The van der Waals surface area contributed by atoms with E-state index in [9.17, 15) is 9.59 Å². The highest BCUT2D eigenvalue weighted by Crippen LogP contribution is 2.31. The van der Waals surface area contributed by atoms with Gasteiger partial charge in [-0.05, 0) is 26.7 Å². The number of rotatable bonds is 3. The van der Waals surface area contributed by atoms with Gasteiger partial charge in [0, 0.05) is 5.92 Å². The predicted molar refractivity (Wildman–Crippen MR) is 62.0 cm³/mol. The van der Waals surface area contributed by atoms with Crippen LogP contribution in [0.15, 0.2) is 0 Å². The summed E-state index contributed by atoms with van der Waals surface area (Å²) in [5, 5.41) is 0. The number of ketones is 1. The molecule has 0 aromatic heterocycles. The number of hydrogen-bond donors (Lipinski definition) is 0. The average Bonchev–Trinajstić information content (AvgIpc) is 2.55. The maximum atomic E-state index is 12.3. The molecule has 0 heterocycles. The summed E-state index contributed by atoms with van der Waals surface area (Å²) in [5.41, 5.74) is -0.982. The van der Waals surface area contributed by atoms with Gasteiger partial charge in [0.15, 0.2) is 5.78 Å². The van der Waals surface area contributed by atoms with Gasteiger partial charge in [-0.3, -0.25) is 9.59 Å². The Balaban J connectivity index is 2.71. The van der Waals surface area contributed by atoms with Gasteiger partial charge in [0.05, 0.1) is 7.11 Å². The lowest BCUT2D eigenvalue weighted by Gasteiger charge is -2.25. The molecule has 92 valence electrons. The van der Waals surface area contributed by atoms with E-state index in [2.05, 4.69) is 0 Å². The number of methoxy groups -OCH3 is 1. The zero-order valence-corrected chi connectivity index (χ0v) is 10.5. The van der Waals surface area contributed by atoms with Gasteiger partial charge < -0.3 is 4.74 Å². The van der Waals surface area contributed by atoms with Gasteiger partial charge in [-0.25, -0.2) is 0 Å². The van der Waals surface area contributed by atoms with Crippen molar-refractivity contribution in [1.29, 1.82) is 0 Å². The van der Waals surface area contributed by atoms with Gasteiger partial charge in [0.1, 0.15) is 5.41 Å². The molecule has 0 aliphatic heterocycles. The molecule has 0 atom stereocenters. The first kappa shape index (κ1) is 13.2. The second-order valence-corrected chi connectivity index (χ2v) is 5.17. The number of Topliss-reactive ketones (excluding diaryl/α,β-unsaturated/α-hetero) is 1. The lowest BCUT2D eigenvalue weighted by molar-refractivity contribution is -0.157. The van der Waals surface area contributed by atoms with Crippen LogP contribution in [0.5, 0.6) is 0 Å². The van der Waals surface area contributed by atoms with Crippen LogP contribution in [0.4, 0.5) is 0 Å². The first-order chi connectivity index (χ1) is 7.50. The maximum absolute atomic E-state index is 12.3. The summed E-state index contributed by atoms with van der Waals surface area (Å²) >= 11 is 0. The molecule has 3 nitrogen and oxygen atoms in total. The van der Waals surface area contributed by atoms with E-state index >= 15 is 0 Å². The largest absolute Gasteiger partial charge is 0.468 e. The minimum atomic E-state index is -0.982. The number of carbonyl (C=O) groups excluding carboxylic acids is 2. The molecule has 0 saturated heterocycles. The van der Waals surface area contributed by atoms with Crippen molar-refractivity contribution in [2.75, 3.05) is 7.11 Å². The first-order valence-corrected chi connectivity index (χ1v) is 6.13. The van der Waals surface area contributed by atoms with Crippen molar-refractivity contribution >= 4 is 11.8 Å². The van der Waals surface area contributed by atoms with Crippen LogP contribution < -0.4 is 0 Å². The van der Waals surface area contributed by atoms with Gasteiger partial charge in [0.25, 0.3) is 0 Å². The maximum Gasteiger partial charge on any atom is 0.318 e. The highest BCUT2D eigenvalue weighted by Gasteiger charge is 2.40. The van der Waals surface area contributed by atoms with E-state index in [1.165, 1.54) is 20.0 Å². The Kier molecular flexibility index (Phi) is 4.51. The molecule has 0 unspecified atom stereocenters. The Hall–Kier alpha value is -0.860.